The Morgan fingerprint density at radius 3 is 2.71 bits per heavy atom. The predicted molar refractivity (Wildman–Crippen MR) is 47.7 cm³/mol. The molecule has 0 aliphatic carbocycles. The zero-order valence-corrected chi connectivity index (χ0v) is 8.49. The van der Waals surface area contributed by atoms with Gasteiger partial charge in [0.25, 0.3) is 0 Å². The van der Waals surface area contributed by atoms with E-state index in [-0.39, 0.29) is 12.0 Å². The summed E-state index contributed by atoms with van der Waals surface area (Å²) in [6, 6.07) is -0.238. The van der Waals surface area contributed by atoms with Crippen LogP contribution in [0.25, 0.3) is 0 Å². The SMILES string of the molecule is COC(=O)C1CC2(CN1C)OCCO2. The van der Waals surface area contributed by atoms with Crippen LogP contribution >= 0.6 is 0 Å². The normalized spacial score (nSPS) is 31.1. The summed E-state index contributed by atoms with van der Waals surface area (Å²) in [5, 5.41) is 0. The van der Waals surface area contributed by atoms with Crippen LogP contribution in [0.3, 0.4) is 0 Å². The van der Waals surface area contributed by atoms with Crippen LogP contribution in [-0.4, -0.2) is 56.6 Å². The molecule has 0 aromatic rings. The number of ether oxygens (including phenoxy) is 3. The summed E-state index contributed by atoms with van der Waals surface area (Å²) in [6.07, 6.45) is 0.566. The molecule has 0 N–H and O–H groups in total. The fourth-order valence-corrected chi connectivity index (χ4v) is 2.11. The Labute approximate surface area is 82.9 Å². The standard InChI is InChI=1S/C9H15NO4/c1-10-6-9(13-3-4-14-9)5-7(10)8(11)12-2/h7H,3-6H2,1-2H3. The number of methoxy groups -OCH3 is 1. The van der Waals surface area contributed by atoms with Crippen molar-refractivity contribution in [2.24, 2.45) is 0 Å². The van der Waals surface area contributed by atoms with E-state index in [4.69, 9.17) is 14.2 Å². The first kappa shape index (κ1) is 9.89. The summed E-state index contributed by atoms with van der Waals surface area (Å²) in [5.41, 5.74) is 0. The second-order valence-corrected chi connectivity index (χ2v) is 3.77. The highest BCUT2D eigenvalue weighted by atomic mass is 16.7. The van der Waals surface area contributed by atoms with Crippen LogP contribution in [0, 0.1) is 0 Å². The van der Waals surface area contributed by atoms with Gasteiger partial charge in [0, 0.05) is 6.42 Å². The molecule has 0 saturated carbocycles. The van der Waals surface area contributed by atoms with Crippen molar-refractivity contribution in [2.45, 2.75) is 18.2 Å². The van der Waals surface area contributed by atoms with Crippen molar-refractivity contribution >= 4 is 5.97 Å². The highest BCUT2D eigenvalue weighted by Gasteiger charge is 2.49. The second-order valence-electron chi connectivity index (χ2n) is 3.77. The number of esters is 1. The molecule has 1 atom stereocenters. The van der Waals surface area contributed by atoms with Crippen LogP contribution in [0.15, 0.2) is 0 Å². The number of carbonyl (C=O) groups is 1. The van der Waals surface area contributed by atoms with E-state index >= 15 is 0 Å². The zero-order chi connectivity index (χ0) is 10.2. The number of rotatable bonds is 1. The monoisotopic (exact) mass is 201 g/mol. The molecule has 1 spiro atoms. The van der Waals surface area contributed by atoms with Gasteiger partial charge in [-0.1, -0.05) is 0 Å². The molecule has 5 nitrogen and oxygen atoms in total. The Balaban J connectivity index is 2.06. The van der Waals surface area contributed by atoms with E-state index in [1.54, 1.807) is 0 Å². The van der Waals surface area contributed by atoms with Gasteiger partial charge < -0.3 is 14.2 Å². The third-order valence-electron chi connectivity index (χ3n) is 2.81. The smallest absolute Gasteiger partial charge is 0.323 e. The van der Waals surface area contributed by atoms with E-state index in [2.05, 4.69) is 0 Å². The Morgan fingerprint density at radius 1 is 1.50 bits per heavy atom. The Kier molecular flexibility index (Phi) is 2.47. The Morgan fingerprint density at radius 2 is 2.14 bits per heavy atom. The molecular weight excluding hydrogens is 186 g/mol. The van der Waals surface area contributed by atoms with Gasteiger partial charge in [0.05, 0.1) is 26.9 Å². The molecule has 2 fully saturated rings. The van der Waals surface area contributed by atoms with Crippen molar-refractivity contribution < 1.29 is 19.0 Å². The van der Waals surface area contributed by atoms with Gasteiger partial charge in [-0.25, -0.2) is 0 Å². The predicted octanol–water partition coefficient (Wildman–Crippen LogP) is -0.393. The maximum Gasteiger partial charge on any atom is 0.323 e. The molecule has 2 aliphatic heterocycles. The van der Waals surface area contributed by atoms with Crippen molar-refractivity contribution in [3.05, 3.63) is 0 Å². The van der Waals surface area contributed by atoms with Gasteiger partial charge in [-0.05, 0) is 7.05 Å². The molecule has 2 rings (SSSR count). The molecule has 2 saturated heterocycles. The molecule has 0 bridgehead atoms. The largest absolute Gasteiger partial charge is 0.468 e. The van der Waals surface area contributed by atoms with Crippen LogP contribution in [0.4, 0.5) is 0 Å². The van der Waals surface area contributed by atoms with Crippen molar-refractivity contribution in [1.82, 2.24) is 4.90 Å². The van der Waals surface area contributed by atoms with Gasteiger partial charge in [0.1, 0.15) is 6.04 Å². The Hall–Kier alpha value is -0.650. The quantitative estimate of drug-likeness (QED) is 0.541. The van der Waals surface area contributed by atoms with Crippen molar-refractivity contribution in [1.29, 1.82) is 0 Å². The zero-order valence-electron chi connectivity index (χ0n) is 8.49. The van der Waals surface area contributed by atoms with Gasteiger partial charge >= 0.3 is 5.97 Å². The molecular formula is C9H15NO4. The summed E-state index contributed by atoms with van der Waals surface area (Å²) in [5.74, 6) is -0.781. The lowest BCUT2D eigenvalue weighted by Gasteiger charge is -2.20. The van der Waals surface area contributed by atoms with E-state index in [9.17, 15) is 4.79 Å². The minimum atomic E-state index is -0.562. The fourth-order valence-electron chi connectivity index (χ4n) is 2.11. The molecule has 2 aliphatic rings. The number of hydrogen-bond acceptors (Lipinski definition) is 5. The van der Waals surface area contributed by atoms with Crippen LogP contribution < -0.4 is 0 Å². The van der Waals surface area contributed by atoms with E-state index in [0.717, 1.165) is 0 Å². The topological polar surface area (TPSA) is 48.0 Å². The van der Waals surface area contributed by atoms with Gasteiger partial charge in [0.15, 0.2) is 5.79 Å². The molecule has 1 unspecified atom stereocenters. The van der Waals surface area contributed by atoms with E-state index in [0.29, 0.717) is 26.2 Å². The summed E-state index contributed by atoms with van der Waals surface area (Å²) < 4.78 is 15.8. The number of nitrogens with zero attached hydrogens (tertiary/aromatic N) is 1. The summed E-state index contributed by atoms with van der Waals surface area (Å²) in [6.45, 7) is 1.86. The van der Waals surface area contributed by atoms with Gasteiger partial charge in [-0.15, -0.1) is 0 Å². The highest BCUT2D eigenvalue weighted by molar-refractivity contribution is 5.76. The van der Waals surface area contributed by atoms with Crippen LogP contribution in [0.5, 0.6) is 0 Å². The van der Waals surface area contributed by atoms with Crippen LogP contribution in [-0.2, 0) is 19.0 Å². The van der Waals surface area contributed by atoms with E-state index in [1.165, 1.54) is 7.11 Å². The first-order valence-corrected chi connectivity index (χ1v) is 4.73. The lowest BCUT2D eigenvalue weighted by molar-refractivity contribution is -0.152. The third kappa shape index (κ3) is 1.51. The number of likely N-dealkylation sites (tertiary alicyclic amines) is 1. The summed E-state index contributed by atoms with van der Waals surface area (Å²) in [4.78, 5) is 13.3. The second kappa shape index (κ2) is 3.49. The van der Waals surface area contributed by atoms with Crippen molar-refractivity contribution in [3.63, 3.8) is 0 Å². The van der Waals surface area contributed by atoms with Crippen molar-refractivity contribution in [3.8, 4) is 0 Å². The molecule has 0 aromatic carbocycles. The number of carbonyl (C=O) groups excluding carboxylic acids is 1. The minimum absolute atomic E-state index is 0.219. The molecule has 14 heavy (non-hydrogen) atoms. The molecule has 80 valence electrons. The maximum atomic E-state index is 11.4. The molecule has 5 heteroatoms. The number of likely N-dealkylation sites (N-methyl/N-ethyl adjacent to an activating group) is 1. The first-order chi connectivity index (χ1) is 6.67. The van der Waals surface area contributed by atoms with Gasteiger partial charge in [-0.2, -0.15) is 0 Å². The maximum absolute atomic E-state index is 11.4. The van der Waals surface area contributed by atoms with Gasteiger partial charge in [-0.3, -0.25) is 9.69 Å². The van der Waals surface area contributed by atoms with Crippen LogP contribution in [0.1, 0.15) is 6.42 Å². The minimum Gasteiger partial charge on any atom is -0.468 e. The van der Waals surface area contributed by atoms with E-state index in [1.807, 2.05) is 11.9 Å². The molecule has 0 radical (unpaired) electrons. The first-order valence-electron chi connectivity index (χ1n) is 4.73. The lowest BCUT2D eigenvalue weighted by Crippen LogP contribution is -2.34. The summed E-state index contributed by atoms with van der Waals surface area (Å²) >= 11 is 0. The average Bonchev–Trinajstić information content (AvgIpc) is 2.74. The molecule has 2 heterocycles. The van der Waals surface area contributed by atoms with Crippen molar-refractivity contribution in [2.75, 3.05) is 33.9 Å². The molecule has 0 aromatic heterocycles. The summed E-state index contributed by atoms with van der Waals surface area (Å²) in [7, 11) is 3.28. The highest BCUT2D eigenvalue weighted by Crippen LogP contribution is 2.33. The molecule has 0 amide bonds. The lowest BCUT2D eigenvalue weighted by atomic mass is 10.1. The Bertz CT molecular complexity index is 237. The number of hydrogen-bond donors (Lipinski definition) is 0. The van der Waals surface area contributed by atoms with Gasteiger partial charge in [0.2, 0.25) is 0 Å². The average molecular weight is 201 g/mol. The third-order valence-corrected chi connectivity index (χ3v) is 2.81. The van der Waals surface area contributed by atoms with E-state index < -0.39 is 5.79 Å². The fraction of sp³-hybridized carbons (Fsp3) is 0.889. The van der Waals surface area contributed by atoms with Crippen LogP contribution in [0.2, 0.25) is 0 Å².